The molecule has 96 valence electrons. The van der Waals surface area contributed by atoms with Crippen LogP contribution in [0.15, 0.2) is 18.2 Å². The van der Waals surface area contributed by atoms with E-state index in [9.17, 15) is 0 Å². The molecule has 1 aromatic carbocycles. The summed E-state index contributed by atoms with van der Waals surface area (Å²) in [5.41, 5.74) is 1.50. The van der Waals surface area contributed by atoms with Gasteiger partial charge in [0.1, 0.15) is 0 Å². The van der Waals surface area contributed by atoms with Crippen LogP contribution in [-0.4, -0.2) is 18.5 Å². The molecule has 4 heteroatoms. The lowest BCUT2D eigenvalue weighted by Crippen LogP contribution is -2.48. The molecule has 1 nitrogen and oxygen atoms in total. The molecule has 0 aliphatic heterocycles. The molecular formula is C13H18Cl3N. The van der Waals surface area contributed by atoms with Crippen LogP contribution in [0.3, 0.4) is 0 Å². The number of halogens is 3. The van der Waals surface area contributed by atoms with Crippen molar-refractivity contribution in [1.29, 1.82) is 0 Å². The first-order valence-electron chi connectivity index (χ1n) is 5.77. The van der Waals surface area contributed by atoms with Gasteiger partial charge in [-0.15, -0.1) is 12.4 Å². The van der Waals surface area contributed by atoms with Gasteiger partial charge in [-0.1, -0.05) is 36.2 Å². The molecule has 0 radical (unpaired) electrons. The third-order valence-electron chi connectivity index (χ3n) is 3.84. The molecule has 1 aliphatic carbocycles. The van der Waals surface area contributed by atoms with Crippen molar-refractivity contribution in [2.45, 2.75) is 31.7 Å². The number of rotatable bonds is 3. The normalized spacial score (nSPS) is 17.5. The summed E-state index contributed by atoms with van der Waals surface area (Å²) in [6.07, 6.45) is 3.73. The highest BCUT2D eigenvalue weighted by atomic mass is 35.5. The summed E-state index contributed by atoms with van der Waals surface area (Å²) in [6, 6.07) is 6.04. The van der Waals surface area contributed by atoms with Crippen molar-refractivity contribution in [3.05, 3.63) is 33.8 Å². The highest BCUT2D eigenvalue weighted by Crippen LogP contribution is 2.46. The highest BCUT2D eigenvalue weighted by Gasteiger charge is 2.41. The summed E-state index contributed by atoms with van der Waals surface area (Å²) in [4.78, 5) is 2.41. The van der Waals surface area contributed by atoms with Crippen LogP contribution in [0, 0.1) is 0 Å². The molecule has 0 spiro atoms. The van der Waals surface area contributed by atoms with Gasteiger partial charge in [-0.25, -0.2) is 0 Å². The first kappa shape index (κ1) is 15.1. The minimum absolute atomic E-state index is 0. The van der Waals surface area contributed by atoms with Crippen LogP contribution in [0.5, 0.6) is 0 Å². The standard InChI is InChI=1S/C13H17Cl2N.ClH/c1-3-16(2)13(7-4-8-13)10-5-6-11(14)12(15)9-10;/h5-6,9H,3-4,7-8H2,1-2H3;1H. The van der Waals surface area contributed by atoms with Gasteiger partial charge in [-0.2, -0.15) is 0 Å². The van der Waals surface area contributed by atoms with Crippen molar-refractivity contribution in [2.75, 3.05) is 13.6 Å². The average molecular weight is 295 g/mol. The average Bonchev–Trinajstić information content (AvgIpc) is 2.21. The third kappa shape index (κ3) is 2.58. The van der Waals surface area contributed by atoms with Gasteiger partial charge in [0.15, 0.2) is 0 Å². The fourth-order valence-electron chi connectivity index (χ4n) is 2.49. The van der Waals surface area contributed by atoms with Crippen LogP contribution in [-0.2, 0) is 5.54 Å². The SMILES string of the molecule is CCN(C)C1(c2ccc(Cl)c(Cl)c2)CCC1.Cl. The molecule has 1 aliphatic rings. The largest absolute Gasteiger partial charge is 0.297 e. The van der Waals surface area contributed by atoms with Crippen LogP contribution >= 0.6 is 35.6 Å². The zero-order valence-corrected chi connectivity index (χ0v) is 12.5. The van der Waals surface area contributed by atoms with E-state index in [1.54, 1.807) is 0 Å². The van der Waals surface area contributed by atoms with Gasteiger partial charge in [-0.05, 0) is 50.6 Å². The summed E-state index contributed by atoms with van der Waals surface area (Å²) in [5.74, 6) is 0. The Morgan fingerprint density at radius 1 is 1.24 bits per heavy atom. The lowest BCUT2D eigenvalue weighted by atomic mass is 9.70. The molecule has 2 rings (SSSR count). The first-order valence-corrected chi connectivity index (χ1v) is 6.52. The fourth-order valence-corrected chi connectivity index (χ4v) is 2.79. The Balaban J connectivity index is 0.00000144. The quantitative estimate of drug-likeness (QED) is 0.778. The van der Waals surface area contributed by atoms with Crippen LogP contribution in [0.2, 0.25) is 10.0 Å². The number of nitrogens with zero attached hydrogens (tertiary/aromatic N) is 1. The second-order valence-electron chi connectivity index (χ2n) is 4.53. The van der Waals surface area contributed by atoms with Crippen molar-refractivity contribution >= 4 is 35.6 Å². The molecule has 0 amide bonds. The van der Waals surface area contributed by atoms with Crippen LogP contribution < -0.4 is 0 Å². The summed E-state index contributed by atoms with van der Waals surface area (Å²) in [5, 5.41) is 1.30. The summed E-state index contributed by atoms with van der Waals surface area (Å²) < 4.78 is 0. The maximum Gasteiger partial charge on any atom is 0.0595 e. The topological polar surface area (TPSA) is 3.24 Å². The Morgan fingerprint density at radius 2 is 1.88 bits per heavy atom. The predicted molar refractivity (Wildman–Crippen MR) is 77.5 cm³/mol. The van der Waals surface area contributed by atoms with Crippen LogP contribution in [0.25, 0.3) is 0 Å². The van der Waals surface area contributed by atoms with E-state index in [1.165, 1.54) is 24.8 Å². The Kier molecular flexibility index (Phi) is 5.15. The van der Waals surface area contributed by atoms with Crippen LogP contribution in [0.1, 0.15) is 31.7 Å². The van der Waals surface area contributed by atoms with Gasteiger partial charge >= 0.3 is 0 Å². The van der Waals surface area contributed by atoms with E-state index in [2.05, 4.69) is 24.9 Å². The molecule has 1 fully saturated rings. The lowest BCUT2D eigenvalue weighted by molar-refractivity contribution is 0.0391. The van der Waals surface area contributed by atoms with Gasteiger partial charge in [0.25, 0.3) is 0 Å². The van der Waals surface area contributed by atoms with Crippen molar-refractivity contribution in [3.63, 3.8) is 0 Å². The van der Waals surface area contributed by atoms with Crippen molar-refractivity contribution in [2.24, 2.45) is 0 Å². The molecule has 0 atom stereocenters. The van der Waals surface area contributed by atoms with E-state index >= 15 is 0 Å². The van der Waals surface area contributed by atoms with Gasteiger partial charge in [0, 0.05) is 5.54 Å². The fraction of sp³-hybridized carbons (Fsp3) is 0.538. The smallest absolute Gasteiger partial charge is 0.0595 e. The molecule has 17 heavy (non-hydrogen) atoms. The minimum Gasteiger partial charge on any atom is -0.297 e. The zero-order chi connectivity index (χ0) is 11.8. The summed E-state index contributed by atoms with van der Waals surface area (Å²) in [7, 11) is 2.18. The zero-order valence-electron chi connectivity index (χ0n) is 10.2. The molecule has 0 heterocycles. The van der Waals surface area contributed by atoms with E-state index in [0.29, 0.717) is 10.0 Å². The van der Waals surface area contributed by atoms with E-state index in [1.807, 2.05) is 12.1 Å². The first-order chi connectivity index (χ1) is 7.60. The maximum atomic E-state index is 6.10. The van der Waals surface area contributed by atoms with Crippen molar-refractivity contribution in [3.8, 4) is 0 Å². The predicted octanol–water partition coefficient (Wildman–Crippen LogP) is 4.75. The van der Waals surface area contributed by atoms with Gasteiger partial charge in [-0.3, -0.25) is 4.90 Å². The molecule has 0 saturated heterocycles. The van der Waals surface area contributed by atoms with E-state index < -0.39 is 0 Å². The Morgan fingerprint density at radius 3 is 2.29 bits per heavy atom. The second kappa shape index (κ2) is 5.79. The Hall–Kier alpha value is 0.0500. The molecule has 0 unspecified atom stereocenters. The molecule has 1 aromatic rings. The number of benzene rings is 1. The van der Waals surface area contributed by atoms with E-state index in [-0.39, 0.29) is 17.9 Å². The molecule has 0 aromatic heterocycles. The molecule has 1 saturated carbocycles. The summed E-state index contributed by atoms with van der Waals surface area (Å²) in [6.45, 7) is 3.25. The number of hydrogen-bond acceptors (Lipinski definition) is 1. The van der Waals surface area contributed by atoms with Gasteiger partial charge < -0.3 is 0 Å². The molecule has 0 bridgehead atoms. The van der Waals surface area contributed by atoms with E-state index in [4.69, 9.17) is 23.2 Å². The lowest BCUT2D eigenvalue weighted by Gasteiger charge is -2.49. The Labute approximate surface area is 119 Å². The summed E-state index contributed by atoms with van der Waals surface area (Å²) >= 11 is 12.1. The third-order valence-corrected chi connectivity index (χ3v) is 4.58. The second-order valence-corrected chi connectivity index (χ2v) is 5.34. The minimum atomic E-state index is 0. The van der Waals surface area contributed by atoms with E-state index in [0.717, 1.165) is 6.54 Å². The van der Waals surface area contributed by atoms with Gasteiger partial charge in [0.2, 0.25) is 0 Å². The van der Waals surface area contributed by atoms with Crippen molar-refractivity contribution < 1.29 is 0 Å². The maximum absolute atomic E-state index is 6.10. The Bertz CT molecular complexity index is 388. The highest BCUT2D eigenvalue weighted by molar-refractivity contribution is 6.42. The molecular weight excluding hydrogens is 277 g/mol. The molecule has 0 N–H and O–H groups in total. The van der Waals surface area contributed by atoms with Gasteiger partial charge in [0.05, 0.1) is 10.0 Å². The monoisotopic (exact) mass is 293 g/mol. The number of hydrogen-bond donors (Lipinski definition) is 0. The van der Waals surface area contributed by atoms with Crippen LogP contribution in [0.4, 0.5) is 0 Å². The van der Waals surface area contributed by atoms with Crippen molar-refractivity contribution in [1.82, 2.24) is 4.90 Å².